The highest BCUT2D eigenvalue weighted by molar-refractivity contribution is 6.01. The van der Waals surface area contributed by atoms with Crippen LogP contribution in [0.3, 0.4) is 0 Å². The van der Waals surface area contributed by atoms with Crippen molar-refractivity contribution in [3.05, 3.63) is 0 Å². The normalized spacial score (nSPS) is 24.9. The number of imide groups is 1. The number of hydrogen-bond acceptors (Lipinski definition) is 17. The van der Waals surface area contributed by atoms with Gasteiger partial charge in [0, 0.05) is 74.2 Å². The van der Waals surface area contributed by atoms with Crippen LogP contribution in [0.15, 0.2) is 0 Å². The zero-order valence-electron chi connectivity index (χ0n) is 62.3. The zero-order valence-corrected chi connectivity index (χ0v) is 62.3. The molecule has 13 atom stereocenters. The van der Waals surface area contributed by atoms with Crippen molar-refractivity contribution in [2.24, 2.45) is 47.3 Å². The fourth-order valence-corrected chi connectivity index (χ4v) is 11.4. The van der Waals surface area contributed by atoms with E-state index in [-0.39, 0.29) is 76.1 Å². The highest BCUT2D eigenvalue weighted by Gasteiger charge is 2.43. The van der Waals surface area contributed by atoms with E-state index in [1.807, 2.05) is 34.6 Å². The van der Waals surface area contributed by atoms with Gasteiger partial charge in [-0.3, -0.25) is 67.6 Å². The summed E-state index contributed by atoms with van der Waals surface area (Å²) in [6, 6.07) is -12.2. The number of nitrogens with one attached hydrogen (secondary N) is 9. The van der Waals surface area contributed by atoms with Crippen LogP contribution in [-0.4, -0.2) is 230 Å². The fourth-order valence-electron chi connectivity index (χ4n) is 11.4. The van der Waals surface area contributed by atoms with Gasteiger partial charge in [0.1, 0.15) is 67.1 Å². The topological polar surface area (TPSA) is 379 Å². The van der Waals surface area contributed by atoms with Gasteiger partial charge in [0.25, 0.3) is 0 Å². The second-order valence-corrected chi connectivity index (χ2v) is 28.3. The van der Waals surface area contributed by atoms with Crippen LogP contribution in [0.25, 0.3) is 0 Å². The van der Waals surface area contributed by atoms with Gasteiger partial charge < -0.3 is 71.6 Å². The van der Waals surface area contributed by atoms with Crippen LogP contribution in [0.1, 0.15) is 176 Å². The van der Waals surface area contributed by atoms with E-state index < -0.39 is 185 Å². The van der Waals surface area contributed by atoms with Gasteiger partial charge in [0.05, 0.1) is 6.04 Å². The molecule has 0 spiro atoms. The summed E-state index contributed by atoms with van der Waals surface area (Å²) in [7, 11) is 6.95. The summed E-state index contributed by atoms with van der Waals surface area (Å²) in [6.45, 7) is 30.1. The first-order valence-electron chi connectivity index (χ1n) is 34.5. The van der Waals surface area contributed by atoms with E-state index in [4.69, 9.17) is 9.47 Å². The molecule has 1 fully saturated rings. The van der Waals surface area contributed by atoms with E-state index in [0.29, 0.717) is 12.8 Å². The highest BCUT2D eigenvalue weighted by Crippen LogP contribution is 2.23. The summed E-state index contributed by atoms with van der Waals surface area (Å²) in [6.07, 6.45) is -1.31. The summed E-state index contributed by atoms with van der Waals surface area (Å²) in [5.74, 6) is -12.8. The van der Waals surface area contributed by atoms with Gasteiger partial charge in [0.15, 0.2) is 0 Å². The lowest BCUT2D eigenvalue weighted by Gasteiger charge is -2.37. The third-order valence-corrected chi connectivity index (χ3v) is 17.5. The molecule has 1 aliphatic heterocycles. The number of methoxy groups -OCH3 is 1. The number of hydrogen-bond donors (Lipinski definition) is 9. The van der Waals surface area contributed by atoms with E-state index >= 15 is 0 Å². The van der Waals surface area contributed by atoms with Crippen molar-refractivity contribution in [1.82, 2.24) is 67.5 Å². The number of amides is 13. The maximum Gasteiger partial charge on any atom is 0.329 e. The molecule has 0 aromatic heterocycles. The van der Waals surface area contributed by atoms with Crippen LogP contribution >= 0.6 is 0 Å². The largest absolute Gasteiger partial charge is 0.458 e. The SMILES string of the molecule is CCC(C)[C@H]1NC(=O)CCNC(=O)[C@H](C(C)C)N(C)C(=O)[C@@H](CC(C)C)NC(=O)CCNC(=O)[C@@H](NC(=O)[C@@H](CC(C)C)NC(=O)[C@@H](NC(=O)COC)C(C)C)[C@@H](C)OC(=O)[C@@H](C(C)CC)N(C)C(=O)[C@@H](CC(C)C)NCCC(=O)NC(=O)[C@H](C)N(C)C(=O)[C@H](C(C)C)N(C)C1=O. The quantitative estimate of drug-likeness (QED) is 0.0616. The molecule has 1 aliphatic rings. The number of cyclic esters (lactones) is 1. The van der Waals surface area contributed by atoms with Gasteiger partial charge in [-0.15, -0.1) is 0 Å². The molecule has 0 saturated carbocycles. The molecule has 29 heteroatoms. The summed E-state index contributed by atoms with van der Waals surface area (Å²) < 4.78 is 11.0. The van der Waals surface area contributed by atoms with E-state index in [9.17, 15) is 67.1 Å². The zero-order chi connectivity index (χ0) is 74.6. The molecule has 1 heterocycles. The predicted molar refractivity (Wildman–Crippen MR) is 366 cm³/mol. The first kappa shape index (κ1) is 87.7. The molecule has 1 saturated heterocycles. The molecule has 13 amide bonds. The van der Waals surface area contributed by atoms with Gasteiger partial charge in [-0.2, -0.15) is 0 Å². The maximum absolute atomic E-state index is 14.7. The average Bonchev–Trinajstić information content (AvgIpc) is 0.840. The molecule has 0 aliphatic carbocycles. The van der Waals surface area contributed by atoms with E-state index in [2.05, 4.69) is 47.9 Å². The molecule has 29 nitrogen and oxygen atoms in total. The van der Waals surface area contributed by atoms with E-state index in [1.165, 1.54) is 63.8 Å². The van der Waals surface area contributed by atoms with Crippen molar-refractivity contribution in [1.29, 1.82) is 0 Å². The molecule has 97 heavy (non-hydrogen) atoms. The second-order valence-electron chi connectivity index (χ2n) is 28.3. The van der Waals surface area contributed by atoms with Crippen LogP contribution in [0, 0.1) is 47.3 Å². The minimum atomic E-state index is -1.72. The Bertz CT molecular complexity index is 2670. The molecule has 1 rings (SSSR count). The lowest BCUT2D eigenvalue weighted by molar-refractivity contribution is -0.163. The Morgan fingerprint density at radius 3 is 1.55 bits per heavy atom. The summed E-state index contributed by atoms with van der Waals surface area (Å²) in [5, 5.41) is 24.4. The molecule has 554 valence electrons. The van der Waals surface area contributed by atoms with Crippen molar-refractivity contribution in [2.45, 2.75) is 243 Å². The Morgan fingerprint density at radius 2 is 1.04 bits per heavy atom. The Kier molecular flexibility index (Phi) is 38.4. The van der Waals surface area contributed by atoms with Crippen molar-refractivity contribution < 1.29 is 76.6 Å². The number of carbonyl (C=O) groups is 14. The van der Waals surface area contributed by atoms with E-state index in [0.717, 1.165) is 4.90 Å². The third-order valence-electron chi connectivity index (χ3n) is 17.5. The fraction of sp³-hybridized carbons (Fsp3) is 0.794. The Labute approximate surface area is 576 Å². The van der Waals surface area contributed by atoms with Crippen molar-refractivity contribution in [3.63, 3.8) is 0 Å². The first-order chi connectivity index (χ1) is 45.1. The van der Waals surface area contributed by atoms with Crippen LogP contribution in [0.4, 0.5) is 0 Å². The maximum atomic E-state index is 14.7. The molecule has 0 aromatic carbocycles. The monoisotopic (exact) mass is 1380 g/mol. The molecular weight excluding hydrogens is 1250 g/mol. The van der Waals surface area contributed by atoms with Crippen LogP contribution < -0.4 is 47.9 Å². The number of ether oxygens (including phenoxy) is 2. The number of rotatable bonds is 20. The summed E-state index contributed by atoms with van der Waals surface area (Å²) >= 11 is 0. The smallest absolute Gasteiger partial charge is 0.329 e. The standard InChI is InChI=1S/C68H121N13O16/c1-24-42(15)54-66(93)80(21)57(41(13)14)67(94)78(19)44(17)59(86)76-51(84)26-29-69-47(33-37(5)6)64(91)81(22)58(43(16)25-2)68(95)97-45(18)55(77-60(87)46(32-36(3)4)73-62(89)53(39(9)10)75-52(85)35-96-23)61(88)70-30-27-49(82)72-48(34-38(7)8)65(92)79(20)56(40(11)12)63(90)71-31-28-50(83)74-54/h36-48,53-58,69H,24-35H2,1-23H3,(H,70,88)(H,71,90)(H,72,82)(H,73,89)(H,74,83)(H,75,85)(H,77,87)(H,76,84,86)/t42?,43?,44-,45+,46+,47+,48+,53-,54+,55-,56-,57-,58+/m0/s1. The second kappa shape index (κ2) is 42.5. The number of esters is 1. The van der Waals surface area contributed by atoms with Crippen LogP contribution in [-0.2, 0) is 76.6 Å². The van der Waals surface area contributed by atoms with Crippen LogP contribution in [0.5, 0.6) is 0 Å². The lowest BCUT2D eigenvalue weighted by atomic mass is 9.94. The lowest BCUT2D eigenvalue weighted by Crippen LogP contribution is -2.61. The van der Waals surface area contributed by atoms with Crippen molar-refractivity contribution in [2.75, 3.05) is 61.5 Å². The van der Waals surface area contributed by atoms with Gasteiger partial charge in [-0.05, 0) is 80.5 Å². The minimum Gasteiger partial charge on any atom is -0.458 e. The van der Waals surface area contributed by atoms with Crippen LogP contribution in [0.2, 0.25) is 0 Å². The van der Waals surface area contributed by atoms with Gasteiger partial charge >= 0.3 is 5.97 Å². The summed E-state index contributed by atoms with van der Waals surface area (Å²) in [4.78, 5) is 202. The average molecular weight is 1380 g/mol. The number of carbonyl (C=O) groups excluding carboxylic acids is 14. The molecule has 2 unspecified atom stereocenters. The third kappa shape index (κ3) is 28.2. The molecule has 0 bridgehead atoms. The molecule has 9 N–H and O–H groups in total. The molecule has 0 radical (unpaired) electrons. The van der Waals surface area contributed by atoms with E-state index in [1.54, 1.807) is 76.2 Å². The predicted octanol–water partition coefficient (Wildman–Crippen LogP) is 1.53. The summed E-state index contributed by atoms with van der Waals surface area (Å²) in [5.41, 5.74) is 0. The number of likely N-dealkylation sites (N-methyl/N-ethyl adjacent to an activating group) is 4. The van der Waals surface area contributed by atoms with Gasteiger partial charge in [-0.1, -0.05) is 124 Å². The molecular formula is C68H121N13O16. The Hall–Kier alpha value is -7.30. The van der Waals surface area contributed by atoms with Gasteiger partial charge in [0.2, 0.25) is 76.8 Å². The minimum absolute atomic E-state index is 0.0420. The van der Waals surface area contributed by atoms with Gasteiger partial charge in [-0.25, -0.2) is 4.79 Å². The Balaban J connectivity index is 4.11. The molecule has 0 aromatic rings. The first-order valence-corrected chi connectivity index (χ1v) is 34.5. The highest BCUT2D eigenvalue weighted by atomic mass is 16.5. The number of nitrogens with zero attached hydrogens (tertiary/aromatic N) is 4. The van der Waals surface area contributed by atoms with Crippen molar-refractivity contribution in [3.8, 4) is 0 Å². The van der Waals surface area contributed by atoms with Crippen molar-refractivity contribution >= 4 is 82.8 Å². The Morgan fingerprint density at radius 1 is 0.546 bits per heavy atom.